The molecule has 7 aliphatic heterocycles. The van der Waals surface area contributed by atoms with E-state index >= 15 is 0 Å². The van der Waals surface area contributed by atoms with Crippen molar-refractivity contribution < 1.29 is 4.74 Å². The summed E-state index contributed by atoms with van der Waals surface area (Å²) in [5.74, 6) is 3.64. The van der Waals surface area contributed by atoms with Crippen LogP contribution in [0.3, 0.4) is 0 Å². The lowest BCUT2D eigenvalue weighted by Gasteiger charge is -2.38. The summed E-state index contributed by atoms with van der Waals surface area (Å²) in [7, 11) is 0. The molecule has 8 rings (SSSR count). The molecular formula is C69H146N8O. The summed E-state index contributed by atoms with van der Waals surface area (Å²) in [6.45, 7) is 77.0. The number of piperazine rings is 1. The second-order valence-electron chi connectivity index (χ2n) is 33.4. The van der Waals surface area contributed by atoms with E-state index in [0.717, 1.165) is 56.5 Å². The van der Waals surface area contributed by atoms with Crippen molar-refractivity contribution in [2.45, 2.75) is 285 Å². The Morgan fingerprint density at radius 3 is 0.821 bits per heavy atom. The normalized spacial score (nSPS) is 23.8. The standard InChI is InChI=1S/C10H20.C9H20N2.3C9H19N.C8H18N2.C8H17N.C7H14O/c1-10(2,3)9-7-5-4-6-8-9;1-9(2,3)11-7-4-5-10-6-8-11;1-9(2,3)8-4-6-10-7-5-8;1-9(2,3)8-5-4-6-10-7-8;1-9(2,3)10-7-5-4-6-8-10;1-8(2,3)10-6-4-9-5-7-10;1-8(2,3)9-6-4-5-7-9;1-7(2,3)6-4-8-5-6/h9H,4-8H2,1-3H3;10H,4-8H2,1-3H3;2*8,10H,4-7H2,1-3H3;4-8H2,1-3H3;9H,4-7H2,1-3H3;4-7H2,1-3H3;6H,4-5H2,1-3H3. The first kappa shape index (κ1) is 75.7. The lowest BCUT2D eigenvalue weighted by atomic mass is 9.72. The van der Waals surface area contributed by atoms with Crippen molar-refractivity contribution in [2.75, 3.05) is 118 Å². The van der Waals surface area contributed by atoms with E-state index in [1.807, 2.05) is 0 Å². The number of rotatable bonds is 0. The number of likely N-dealkylation sites (tertiary alicyclic amines) is 2. The summed E-state index contributed by atoms with van der Waals surface area (Å²) in [6.07, 6.45) is 21.2. The van der Waals surface area contributed by atoms with Gasteiger partial charge in [0, 0.05) is 67.3 Å². The molecule has 0 amide bonds. The summed E-state index contributed by atoms with van der Waals surface area (Å²) in [5, 5.41) is 13.6. The number of hydrogen-bond acceptors (Lipinski definition) is 9. The Balaban J connectivity index is 0.000000446. The number of nitrogens with one attached hydrogen (secondary N) is 4. The fraction of sp³-hybridized carbons (Fsp3) is 1.00. The predicted molar refractivity (Wildman–Crippen MR) is 349 cm³/mol. The van der Waals surface area contributed by atoms with Crippen LogP contribution >= 0.6 is 0 Å². The molecule has 0 spiro atoms. The molecule has 0 aromatic carbocycles. The maximum absolute atomic E-state index is 5.06. The van der Waals surface area contributed by atoms with Gasteiger partial charge < -0.3 is 26.0 Å². The van der Waals surface area contributed by atoms with E-state index in [-0.39, 0.29) is 0 Å². The van der Waals surface area contributed by atoms with Gasteiger partial charge in [0.05, 0.1) is 13.2 Å². The molecule has 4 N–H and O–H groups in total. The Kier molecular flexibility index (Phi) is 35.4. The molecule has 8 aliphatic rings. The Bertz CT molecular complexity index is 1250. The first-order valence-corrected chi connectivity index (χ1v) is 33.3. The van der Waals surface area contributed by atoms with Crippen LogP contribution in [0.1, 0.15) is 262 Å². The molecule has 1 aliphatic carbocycles. The number of piperidine rings is 3. The first-order chi connectivity index (χ1) is 35.8. The topological polar surface area (TPSA) is 70.3 Å². The monoisotopic (exact) mass is 1100 g/mol. The van der Waals surface area contributed by atoms with Gasteiger partial charge in [0.15, 0.2) is 0 Å². The molecule has 7 heterocycles. The van der Waals surface area contributed by atoms with Crippen LogP contribution in [0.25, 0.3) is 0 Å². The molecule has 9 heteroatoms. The smallest absolute Gasteiger partial charge is 0.0521 e. The molecular weight excluding hydrogens is 957 g/mol. The van der Waals surface area contributed by atoms with Crippen LogP contribution in [-0.2, 0) is 4.74 Å². The number of hydrogen-bond donors (Lipinski definition) is 4. The summed E-state index contributed by atoms with van der Waals surface area (Å²) in [5.41, 5.74) is 3.61. The average molecular weight is 1100 g/mol. The predicted octanol–water partition coefficient (Wildman–Crippen LogP) is 15.3. The summed E-state index contributed by atoms with van der Waals surface area (Å²) in [6, 6.07) is 0. The fourth-order valence-electron chi connectivity index (χ4n) is 11.8. The van der Waals surface area contributed by atoms with E-state index in [1.165, 1.54) is 181 Å². The van der Waals surface area contributed by atoms with Gasteiger partial charge in [0.2, 0.25) is 0 Å². The van der Waals surface area contributed by atoms with Crippen molar-refractivity contribution in [1.82, 2.24) is 40.9 Å². The summed E-state index contributed by atoms with van der Waals surface area (Å²) in [4.78, 5) is 10.2. The molecule has 0 aromatic heterocycles. The summed E-state index contributed by atoms with van der Waals surface area (Å²) >= 11 is 0. The van der Waals surface area contributed by atoms with E-state index in [4.69, 9.17) is 4.74 Å². The highest BCUT2D eigenvalue weighted by Crippen LogP contribution is 2.38. The lowest BCUT2D eigenvalue weighted by Crippen LogP contribution is -2.51. The maximum Gasteiger partial charge on any atom is 0.0521 e. The number of ether oxygens (including phenoxy) is 1. The van der Waals surface area contributed by atoms with Crippen molar-refractivity contribution in [2.24, 2.45) is 45.3 Å². The average Bonchev–Trinajstić information content (AvgIpc) is 3.75. The Labute approximate surface area is 491 Å². The van der Waals surface area contributed by atoms with E-state index in [0.29, 0.717) is 43.8 Å². The van der Waals surface area contributed by atoms with Gasteiger partial charge in [-0.3, -0.25) is 19.6 Å². The summed E-state index contributed by atoms with van der Waals surface area (Å²) < 4.78 is 5.06. The first-order valence-electron chi connectivity index (χ1n) is 33.3. The third kappa shape index (κ3) is 35.1. The van der Waals surface area contributed by atoms with Gasteiger partial charge in [-0.15, -0.1) is 0 Å². The minimum atomic E-state index is 0.353. The third-order valence-corrected chi connectivity index (χ3v) is 18.5. The van der Waals surface area contributed by atoms with Gasteiger partial charge in [-0.05, 0) is 259 Å². The largest absolute Gasteiger partial charge is 0.381 e. The fourth-order valence-corrected chi connectivity index (χ4v) is 11.8. The van der Waals surface area contributed by atoms with Gasteiger partial charge in [-0.2, -0.15) is 0 Å². The molecule has 1 atom stereocenters. The zero-order chi connectivity index (χ0) is 59.5. The second-order valence-corrected chi connectivity index (χ2v) is 33.4. The minimum absolute atomic E-state index is 0.353. The molecule has 468 valence electrons. The van der Waals surface area contributed by atoms with E-state index < -0.39 is 0 Å². The molecule has 1 unspecified atom stereocenters. The number of nitrogens with zero attached hydrogens (tertiary/aromatic N) is 4. The second kappa shape index (κ2) is 36.5. The highest BCUT2D eigenvalue weighted by Gasteiger charge is 2.31. The van der Waals surface area contributed by atoms with Gasteiger partial charge in [0.1, 0.15) is 0 Å². The van der Waals surface area contributed by atoms with Gasteiger partial charge in [0.25, 0.3) is 0 Å². The molecule has 0 radical (unpaired) electrons. The Hall–Kier alpha value is -0.360. The Morgan fingerprint density at radius 2 is 0.551 bits per heavy atom. The zero-order valence-electron chi connectivity index (χ0n) is 57.8. The zero-order valence-corrected chi connectivity index (χ0v) is 57.8. The molecule has 8 fully saturated rings. The molecule has 9 nitrogen and oxygen atoms in total. The van der Waals surface area contributed by atoms with Crippen LogP contribution in [-0.4, -0.2) is 160 Å². The van der Waals surface area contributed by atoms with Gasteiger partial charge in [-0.25, -0.2) is 0 Å². The van der Waals surface area contributed by atoms with Crippen molar-refractivity contribution in [3.8, 4) is 0 Å². The SMILES string of the molecule is CC(C)(C)C1CCCCC1.CC(C)(C)C1CCCNC1.CC(C)(C)C1CCNCC1.CC(C)(C)C1COC1.CC(C)(C)N1CCCC1.CC(C)(C)N1CCCCC1.CC(C)(C)N1CCCNCC1.CC(C)(C)N1CCNCC1. The van der Waals surface area contributed by atoms with Crippen molar-refractivity contribution in [1.29, 1.82) is 0 Å². The van der Waals surface area contributed by atoms with Crippen LogP contribution in [0.15, 0.2) is 0 Å². The minimum Gasteiger partial charge on any atom is -0.381 e. The van der Waals surface area contributed by atoms with Crippen molar-refractivity contribution >= 4 is 0 Å². The van der Waals surface area contributed by atoms with Crippen LogP contribution in [0.5, 0.6) is 0 Å². The molecule has 7 saturated heterocycles. The van der Waals surface area contributed by atoms with Gasteiger partial charge in [-0.1, -0.05) is 109 Å². The molecule has 1 saturated carbocycles. The third-order valence-electron chi connectivity index (χ3n) is 18.5. The van der Waals surface area contributed by atoms with E-state index in [1.54, 1.807) is 0 Å². The van der Waals surface area contributed by atoms with E-state index in [9.17, 15) is 0 Å². The van der Waals surface area contributed by atoms with E-state index in [2.05, 4.69) is 207 Å². The van der Waals surface area contributed by atoms with Crippen LogP contribution in [0, 0.1) is 45.3 Å². The lowest BCUT2D eigenvalue weighted by molar-refractivity contribution is -0.0821. The molecule has 0 aromatic rings. The van der Waals surface area contributed by atoms with Crippen LogP contribution < -0.4 is 21.3 Å². The Morgan fingerprint density at radius 1 is 0.256 bits per heavy atom. The molecule has 0 bridgehead atoms. The maximum atomic E-state index is 5.06. The van der Waals surface area contributed by atoms with Crippen molar-refractivity contribution in [3.63, 3.8) is 0 Å². The highest BCUT2D eigenvalue weighted by molar-refractivity contribution is 4.84. The van der Waals surface area contributed by atoms with Gasteiger partial charge >= 0.3 is 0 Å². The van der Waals surface area contributed by atoms with Crippen molar-refractivity contribution in [3.05, 3.63) is 0 Å². The van der Waals surface area contributed by atoms with Crippen LogP contribution in [0.4, 0.5) is 0 Å². The molecule has 78 heavy (non-hydrogen) atoms. The quantitative estimate of drug-likeness (QED) is 0.190. The highest BCUT2D eigenvalue weighted by atomic mass is 16.5. The van der Waals surface area contributed by atoms with Crippen LogP contribution in [0.2, 0.25) is 0 Å².